The second-order valence-electron chi connectivity index (χ2n) is 8.66. The van der Waals surface area contributed by atoms with Gasteiger partial charge in [0.15, 0.2) is 0 Å². The van der Waals surface area contributed by atoms with Crippen LogP contribution in [0.2, 0.25) is 0 Å². The summed E-state index contributed by atoms with van der Waals surface area (Å²) >= 11 is 0. The maximum absolute atomic E-state index is 11.1. The Morgan fingerprint density at radius 2 is 1.61 bits per heavy atom. The Labute approximate surface area is 191 Å². The van der Waals surface area contributed by atoms with Crippen LogP contribution in [0.15, 0.2) is 18.2 Å². The number of aryl methyl sites for hydroxylation is 2. The number of aliphatic hydroxyl groups excluding tert-OH is 1. The number of benzene rings is 2. The average Bonchev–Trinajstić information content (AvgIpc) is 2.77. The normalized spacial score (nSPS) is 13.7. The first-order valence-corrected chi connectivity index (χ1v) is 12.2. The standard InChI is InChI=1S/C24H36O3.2C2H6/c1-7-16(4)21-22-18(13-20(15(2)3)23(21)26)11-10-17(5)19(22)9-8-12-24(6,27)14-25;2*1-2/h10-11,13,15-16,25-27H,7-9,12,14H2,1-6H3;2*1-2H3/t16-,24?;;/m0../s1. The first kappa shape index (κ1) is 29.4. The van der Waals surface area contributed by atoms with Crippen LogP contribution in [0, 0.1) is 6.92 Å². The Bertz CT molecular complexity index is 791. The van der Waals surface area contributed by atoms with Gasteiger partial charge in [-0.05, 0) is 84.9 Å². The van der Waals surface area contributed by atoms with Gasteiger partial charge in [0, 0.05) is 5.56 Å². The van der Waals surface area contributed by atoms with E-state index in [1.54, 1.807) is 6.92 Å². The predicted molar refractivity (Wildman–Crippen MR) is 136 cm³/mol. The Hall–Kier alpha value is -1.58. The fourth-order valence-corrected chi connectivity index (χ4v) is 3.89. The fourth-order valence-electron chi connectivity index (χ4n) is 3.89. The van der Waals surface area contributed by atoms with E-state index in [0.29, 0.717) is 12.2 Å². The summed E-state index contributed by atoms with van der Waals surface area (Å²) in [7, 11) is 0. The van der Waals surface area contributed by atoms with Gasteiger partial charge in [-0.1, -0.05) is 67.5 Å². The Morgan fingerprint density at radius 1 is 1.03 bits per heavy atom. The summed E-state index contributed by atoms with van der Waals surface area (Å²) in [6.07, 6.45) is 3.13. The molecule has 3 nitrogen and oxygen atoms in total. The molecule has 0 saturated carbocycles. The van der Waals surface area contributed by atoms with E-state index in [2.05, 4.69) is 52.8 Å². The molecular formula is C28H48O3. The SMILES string of the molecule is CC.CC.CC[C@H](C)c1c(O)c(C(C)C)cc2ccc(C)c(CCCC(C)(O)CO)c12. The number of hydrogen-bond acceptors (Lipinski definition) is 3. The number of hydrogen-bond donors (Lipinski definition) is 3. The fraction of sp³-hybridized carbons (Fsp3) is 0.643. The van der Waals surface area contributed by atoms with Crippen LogP contribution in [-0.4, -0.2) is 27.5 Å². The molecule has 0 heterocycles. The van der Waals surface area contributed by atoms with Crippen molar-refractivity contribution in [3.63, 3.8) is 0 Å². The minimum atomic E-state index is -1.04. The van der Waals surface area contributed by atoms with Crippen LogP contribution in [0.5, 0.6) is 5.75 Å². The van der Waals surface area contributed by atoms with Gasteiger partial charge in [-0.15, -0.1) is 0 Å². The molecule has 2 aromatic rings. The lowest BCUT2D eigenvalue weighted by molar-refractivity contribution is -0.00640. The molecule has 0 spiro atoms. The van der Waals surface area contributed by atoms with Crippen LogP contribution >= 0.6 is 0 Å². The van der Waals surface area contributed by atoms with Gasteiger partial charge >= 0.3 is 0 Å². The van der Waals surface area contributed by atoms with Crippen LogP contribution in [0.3, 0.4) is 0 Å². The molecule has 0 fully saturated rings. The lowest BCUT2D eigenvalue weighted by Gasteiger charge is -2.24. The van der Waals surface area contributed by atoms with E-state index in [1.165, 1.54) is 21.9 Å². The van der Waals surface area contributed by atoms with Crippen molar-refractivity contribution in [3.05, 3.63) is 40.5 Å². The van der Waals surface area contributed by atoms with Crippen LogP contribution in [0.1, 0.15) is 116 Å². The highest BCUT2D eigenvalue weighted by Crippen LogP contribution is 2.42. The quantitative estimate of drug-likeness (QED) is 0.402. The predicted octanol–water partition coefficient (Wildman–Crippen LogP) is 7.61. The van der Waals surface area contributed by atoms with Crippen LogP contribution < -0.4 is 0 Å². The zero-order chi connectivity index (χ0) is 24.4. The average molecular weight is 433 g/mol. The van der Waals surface area contributed by atoms with Crippen molar-refractivity contribution in [3.8, 4) is 5.75 Å². The number of phenols is 1. The Morgan fingerprint density at radius 3 is 2.10 bits per heavy atom. The van der Waals surface area contributed by atoms with E-state index in [-0.39, 0.29) is 18.4 Å². The van der Waals surface area contributed by atoms with Crippen molar-refractivity contribution in [1.82, 2.24) is 0 Å². The van der Waals surface area contributed by atoms with Crippen molar-refractivity contribution >= 4 is 10.8 Å². The van der Waals surface area contributed by atoms with Crippen molar-refractivity contribution in [1.29, 1.82) is 0 Å². The molecule has 2 aromatic carbocycles. The summed E-state index contributed by atoms with van der Waals surface area (Å²) in [5.41, 5.74) is 3.50. The van der Waals surface area contributed by atoms with E-state index in [9.17, 15) is 15.3 Å². The molecule has 0 aromatic heterocycles. The van der Waals surface area contributed by atoms with Gasteiger partial charge in [-0.3, -0.25) is 0 Å². The van der Waals surface area contributed by atoms with Crippen LogP contribution in [0.4, 0.5) is 0 Å². The summed E-state index contributed by atoms with van der Waals surface area (Å²) in [4.78, 5) is 0. The second kappa shape index (κ2) is 13.8. The Kier molecular flexibility index (Phi) is 13.0. The van der Waals surface area contributed by atoms with E-state index in [1.807, 2.05) is 27.7 Å². The minimum Gasteiger partial charge on any atom is -0.507 e. The highest BCUT2D eigenvalue weighted by molar-refractivity contribution is 5.93. The molecule has 0 saturated heterocycles. The molecule has 0 bridgehead atoms. The molecule has 31 heavy (non-hydrogen) atoms. The largest absolute Gasteiger partial charge is 0.507 e. The smallest absolute Gasteiger partial charge is 0.123 e. The van der Waals surface area contributed by atoms with Gasteiger partial charge in [0.05, 0.1) is 12.2 Å². The van der Waals surface area contributed by atoms with Crippen molar-refractivity contribution < 1.29 is 15.3 Å². The summed E-state index contributed by atoms with van der Waals surface area (Å²) < 4.78 is 0. The number of rotatable bonds is 8. The molecular weight excluding hydrogens is 384 g/mol. The molecule has 0 aliphatic carbocycles. The number of aliphatic hydroxyl groups is 2. The Balaban J connectivity index is 0.00000212. The van der Waals surface area contributed by atoms with Crippen LogP contribution in [-0.2, 0) is 6.42 Å². The molecule has 0 radical (unpaired) electrons. The monoisotopic (exact) mass is 432 g/mol. The van der Waals surface area contributed by atoms with Gasteiger partial charge in [0.25, 0.3) is 0 Å². The molecule has 0 aliphatic rings. The van der Waals surface area contributed by atoms with Gasteiger partial charge in [0.1, 0.15) is 5.75 Å². The highest BCUT2D eigenvalue weighted by Gasteiger charge is 2.23. The van der Waals surface area contributed by atoms with Gasteiger partial charge < -0.3 is 15.3 Å². The third-order valence-corrected chi connectivity index (χ3v) is 5.90. The summed E-state index contributed by atoms with van der Waals surface area (Å²) in [6.45, 7) is 20.1. The third kappa shape index (κ3) is 7.50. The van der Waals surface area contributed by atoms with E-state index in [4.69, 9.17) is 0 Å². The molecule has 1 unspecified atom stereocenters. The minimum absolute atomic E-state index is 0.224. The second-order valence-corrected chi connectivity index (χ2v) is 8.66. The third-order valence-electron chi connectivity index (χ3n) is 5.90. The first-order valence-electron chi connectivity index (χ1n) is 12.2. The number of phenolic OH excluding ortho intramolecular Hbond substituents is 1. The summed E-state index contributed by atoms with van der Waals surface area (Å²) in [6, 6.07) is 6.45. The maximum Gasteiger partial charge on any atom is 0.123 e. The lowest BCUT2D eigenvalue weighted by atomic mass is 9.83. The highest BCUT2D eigenvalue weighted by atomic mass is 16.3. The molecule has 2 atom stereocenters. The van der Waals surface area contributed by atoms with E-state index >= 15 is 0 Å². The maximum atomic E-state index is 11.1. The first-order chi connectivity index (χ1) is 14.6. The van der Waals surface area contributed by atoms with Crippen molar-refractivity contribution in [2.24, 2.45) is 0 Å². The van der Waals surface area contributed by atoms with Gasteiger partial charge in [0.2, 0.25) is 0 Å². The van der Waals surface area contributed by atoms with Gasteiger partial charge in [-0.25, -0.2) is 0 Å². The number of aromatic hydroxyl groups is 1. The number of fused-ring (bicyclic) bond motifs is 1. The van der Waals surface area contributed by atoms with E-state index < -0.39 is 5.60 Å². The zero-order valence-corrected chi connectivity index (χ0v) is 21.8. The van der Waals surface area contributed by atoms with Gasteiger partial charge in [-0.2, -0.15) is 0 Å². The zero-order valence-electron chi connectivity index (χ0n) is 21.8. The molecule has 3 heteroatoms. The lowest BCUT2D eigenvalue weighted by Crippen LogP contribution is -2.28. The molecule has 2 rings (SSSR count). The van der Waals surface area contributed by atoms with E-state index in [0.717, 1.165) is 30.4 Å². The molecule has 178 valence electrons. The summed E-state index contributed by atoms with van der Waals surface area (Å²) in [5, 5.41) is 32.9. The topological polar surface area (TPSA) is 60.7 Å². The molecule has 3 N–H and O–H groups in total. The molecule has 0 aliphatic heterocycles. The van der Waals surface area contributed by atoms with Crippen LogP contribution in [0.25, 0.3) is 10.8 Å². The van der Waals surface area contributed by atoms with Crippen molar-refractivity contribution in [2.45, 2.75) is 112 Å². The molecule has 0 amide bonds. The van der Waals surface area contributed by atoms with Crippen molar-refractivity contribution in [2.75, 3.05) is 6.61 Å². The summed E-state index contributed by atoms with van der Waals surface area (Å²) in [5.74, 6) is 0.981.